The third-order valence-electron chi connectivity index (χ3n) is 1.69. The largest absolute Gasteiger partial charge is 0.354 e. The van der Waals surface area contributed by atoms with E-state index in [1.807, 2.05) is 0 Å². The van der Waals surface area contributed by atoms with Crippen molar-refractivity contribution in [2.75, 3.05) is 0 Å². The van der Waals surface area contributed by atoms with Crippen molar-refractivity contribution in [1.82, 2.24) is 15.1 Å². The van der Waals surface area contributed by atoms with Gasteiger partial charge in [-0.05, 0) is 0 Å². The van der Waals surface area contributed by atoms with Gasteiger partial charge in [0.15, 0.2) is 5.76 Å². The number of aromatic nitrogens is 3. The van der Waals surface area contributed by atoms with E-state index >= 15 is 0 Å². The van der Waals surface area contributed by atoms with E-state index in [0.717, 1.165) is 0 Å². The summed E-state index contributed by atoms with van der Waals surface area (Å²) in [6.07, 6.45) is 4.50. The van der Waals surface area contributed by atoms with E-state index in [2.05, 4.69) is 15.1 Å². The summed E-state index contributed by atoms with van der Waals surface area (Å²) in [6.45, 7) is 0. The van der Waals surface area contributed by atoms with Crippen LogP contribution in [0.3, 0.4) is 0 Å². The molecule has 2 aromatic heterocycles. The number of hydrogen-bond donors (Lipinski definition) is 0. The minimum absolute atomic E-state index is 0.232. The molecule has 0 saturated carbocycles. The molecule has 0 aliphatic rings. The smallest absolute Gasteiger partial charge is 0.238 e. The molecule has 0 bridgehead atoms. The van der Waals surface area contributed by atoms with Crippen molar-refractivity contribution >= 4 is 19.7 Å². The molecule has 0 aliphatic heterocycles. The highest BCUT2D eigenvalue weighted by Gasteiger charge is 2.13. The zero-order chi connectivity index (χ0) is 11.6. The average molecular weight is 260 g/mol. The lowest BCUT2D eigenvalue weighted by molar-refractivity contribution is 0.424. The summed E-state index contributed by atoms with van der Waals surface area (Å²) in [7, 11) is 1.45. The van der Waals surface area contributed by atoms with Crippen molar-refractivity contribution < 1.29 is 12.9 Å². The zero-order valence-corrected chi connectivity index (χ0v) is 9.44. The van der Waals surface area contributed by atoms with Crippen LogP contribution in [-0.2, 0) is 14.8 Å². The Morgan fingerprint density at radius 2 is 2.19 bits per heavy atom. The Bertz CT molecular complexity index is 582. The van der Waals surface area contributed by atoms with Crippen LogP contribution in [0.1, 0.15) is 5.69 Å². The first-order chi connectivity index (χ1) is 7.54. The molecule has 2 aromatic rings. The van der Waals surface area contributed by atoms with E-state index in [-0.39, 0.29) is 11.4 Å². The third kappa shape index (κ3) is 2.77. The molecule has 0 amide bonds. The Morgan fingerprint density at radius 3 is 2.81 bits per heavy atom. The van der Waals surface area contributed by atoms with Gasteiger partial charge in [0.1, 0.15) is 17.1 Å². The maximum atomic E-state index is 10.8. The van der Waals surface area contributed by atoms with Crippen LogP contribution >= 0.6 is 10.7 Å². The van der Waals surface area contributed by atoms with Crippen LogP contribution in [0.25, 0.3) is 11.5 Å². The first-order valence-electron chi connectivity index (χ1n) is 4.19. The lowest BCUT2D eigenvalue weighted by atomic mass is 10.3. The second kappa shape index (κ2) is 4.18. The molecule has 6 nitrogen and oxygen atoms in total. The predicted octanol–water partition coefficient (Wildman–Crippen LogP) is 1.20. The van der Waals surface area contributed by atoms with Gasteiger partial charge in [0.2, 0.25) is 9.05 Å². The maximum Gasteiger partial charge on any atom is 0.238 e. The molecule has 0 aliphatic carbocycles. The molecular formula is C8H6ClN3O3S. The number of nitrogens with zero attached hydrogens (tertiary/aromatic N) is 3. The first-order valence-corrected chi connectivity index (χ1v) is 6.67. The summed E-state index contributed by atoms with van der Waals surface area (Å²) in [5, 5.41) is 3.57. The van der Waals surface area contributed by atoms with E-state index in [9.17, 15) is 8.42 Å². The second-order valence-corrected chi connectivity index (χ2v) is 5.73. The second-order valence-electron chi connectivity index (χ2n) is 2.96. The van der Waals surface area contributed by atoms with Gasteiger partial charge in [-0.1, -0.05) is 5.16 Å². The fraction of sp³-hybridized carbons (Fsp3) is 0.125. The Hall–Kier alpha value is -1.47. The van der Waals surface area contributed by atoms with E-state index in [0.29, 0.717) is 11.5 Å². The molecule has 0 spiro atoms. The monoisotopic (exact) mass is 259 g/mol. The molecule has 0 fully saturated rings. The number of hydrogen-bond acceptors (Lipinski definition) is 6. The van der Waals surface area contributed by atoms with Gasteiger partial charge in [0.05, 0.1) is 6.20 Å². The van der Waals surface area contributed by atoms with Crippen LogP contribution in [0.15, 0.2) is 29.2 Å². The molecule has 0 N–H and O–H groups in total. The van der Waals surface area contributed by atoms with Crippen LogP contribution in [0.4, 0.5) is 0 Å². The van der Waals surface area contributed by atoms with Gasteiger partial charge in [-0.3, -0.25) is 4.98 Å². The molecule has 2 heterocycles. The normalized spacial score (nSPS) is 11.6. The Morgan fingerprint density at radius 1 is 1.38 bits per heavy atom. The van der Waals surface area contributed by atoms with Crippen LogP contribution < -0.4 is 0 Å². The molecule has 2 rings (SSSR count). The highest BCUT2D eigenvalue weighted by Crippen LogP contribution is 2.18. The van der Waals surface area contributed by atoms with Gasteiger partial charge in [-0.15, -0.1) is 0 Å². The zero-order valence-electron chi connectivity index (χ0n) is 7.87. The fourth-order valence-electron chi connectivity index (χ4n) is 1.10. The molecule has 0 radical (unpaired) electrons. The maximum absolute atomic E-state index is 10.8. The van der Waals surface area contributed by atoms with Crippen molar-refractivity contribution in [3.63, 3.8) is 0 Å². The van der Waals surface area contributed by atoms with E-state index in [1.165, 1.54) is 24.7 Å². The number of rotatable bonds is 3. The summed E-state index contributed by atoms with van der Waals surface area (Å²) in [5.41, 5.74) is 0.712. The van der Waals surface area contributed by atoms with Gasteiger partial charge in [-0.25, -0.2) is 13.4 Å². The average Bonchev–Trinajstić information content (AvgIpc) is 2.65. The van der Waals surface area contributed by atoms with Crippen molar-refractivity contribution in [2.45, 2.75) is 5.75 Å². The van der Waals surface area contributed by atoms with Crippen molar-refractivity contribution in [1.29, 1.82) is 0 Å². The lowest BCUT2D eigenvalue weighted by Crippen LogP contribution is -1.94. The SMILES string of the molecule is O=S(=O)(Cl)Cc1cc(-c2cnccn2)on1. The van der Waals surface area contributed by atoms with Gasteiger partial charge in [0, 0.05) is 29.1 Å². The van der Waals surface area contributed by atoms with Crippen LogP contribution in [0.5, 0.6) is 0 Å². The predicted molar refractivity (Wildman–Crippen MR) is 56.0 cm³/mol. The van der Waals surface area contributed by atoms with Gasteiger partial charge in [-0.2, -0.15) is 0 Å². The van der Waals surface area contributed by atoms with Crippen LogP contribution in [0.2, 0.25) is 0 Å². The Kier molecular flexibility index (Phi) is 2.88. The molecule has 0 saturated heterocycles. The molecular weight excluding hydrogens is 254 g/mol. The minimum Gasteiger partial charge on any atom is -0.354 e. The summed E-state index contributed by atoms with van der Waals surface area (Å²) < 4.78 is 26.5. The van der Waals surface area contributed by atoms with Gasteiger partial charge >= 0.3 is 0 Å². The Labute approximate surface area is 95.7 Å². The highest BCUT2D eigenvalue weighted by atomic mass is 35.7. The van der Waals surface area contributed by atoms with Crippen molar-refractivity contribution in [2.24, 2.45) is 0 Å². The summed E-state index contributed by atoms with van der Waals surface area (Å²) in [4.78, 5) is 7.83. The molecule has 8 heteroatoms. The lowest BCUT2D eigenvalue weighted by Gasteiger charge is -1.89. The molecule has 16 heavy (non-hydrogen) atoms. The van der Waals surface area contributed by atoms with Crippen LogP contribution in [-0.4, -0.2) is 23.5 Å². The topological polar surface area (TPSA) is 86.0 Å². The van der Waals surface area contributed by atoms with Gasteiger partial charge in [0.25, 0.3) is 0 Å². The van der Waals surface area contributed by atoms with Crippen LogP contribution in [0, 0.1) is 0 Å². The standard InChI is InChI=1S/C8H6ClN3O3S/c9-16(13,14)5-6-3-8(15-12-6)7-4-10-1-2-11-7/h1-4H,5H2. The fourth-order valence-corrected chi connectivity index (χ4v) is 1.93. The molecule has 0 unspecified atom stereocenters. The summed E-state index contributed by atoms with van der Waals surface area (Å²) >= 11 is 0. The quantitative estimate of drug-likeness (QED) is 0.770. The highest BCUT2D eigenvalue weighted by molar-refractivity contribution is 8.13. The Balaban J connectivity index is 2.27. The molecule has 84 valence electrons. The molecule has 0 atom stereocenters. The third-order valence-corrected chi connectivity index (χ3v) is 2.66. The number of halogens is 1. The van der Waals surface area contributed by atoms with E-state index < -0.39 is 9.05 Å². The van der Waals surface area contributed by atoms with E-state index in [1.54, 1.807) is 0 Å². The molecule has 0 aromatic carbocycles. The minimum atomic E-state index is -3.63. The van der Waals surface area contributed by atoms with Crippen molar-refractivity contribution in [3.8, 4) is 11.5 Å². The first kappa shape index (κ1) is 11.0. The summed E-state index contributed by atoms with van der Waals surface area (Å²) in [5.74, 6) is -0.0263. The van der Waals surface area contributed by atoms with Gasteiger partial charge < -0.3 is 4.52 Å². The summed E-state index contributed by atoms with van der Waals surface area (Å²) in [6, 6.07) is 1.46. The van der Waals surface area contributed by atoms with E-state index in [4.69, 9.17) is 15.2 Å². The van der Waals surface area contributed by atoms with Crippen molar-refractivity contribution in [3.05, 3.63) is 30.4 Å².